The van der Waals surface area contributed by atoms with E-state index in [1.165, 1.54) is 0 Å². The second-order valence-corrected chi connectivity index (χ2v) is 5.27. The van der Waals surface area contributed by atoms with Crippen molar-refractivity contribution >= 4 is 24.4 Å². The van der Waals surface area contributed by atoms with Crippen LogP contribution < -0.4 is 10.6 Å². The first kappa shape index (κ1) is 13.9. The Kier molecular flexibility index (Phi) is 4.85. The van der Waals surface area contributed by atoms with Gasteiger partial charge in [-0.05, 0) is 37.5 Å². The number of nitrogens with one attached hydrogen (secondary N) is 2. The fraction of sp³-hybridized carbons (Fsp3) is 0.429. The van der Waals surface area contributed by atoms with Crippen LogP contribution in [-0.4, -0.2) is 24.4 Å². The number of benzene rings is 1. The van der Waals surface area contributed by atoms with Gasteiger partial charge in [0.1, 0.15) is 0 Å². The van der Waals surface area contributed by atoms with Crippen LogP contribution in [0.1, 0.15) is 36.0 Å². The summed E-state index contributed by atoms with van der Waals surface area (Å²) < 4.78 is 0. The van der Waals surface area contributed by atoms with E-state index in [0.717, 1.165) is 17.7 Å². The van der Waals surface area contributed by atoms with Crippen molar-refractivity contribution in [3.05, 3.63) is 29.8 Å². The normalized spacial score (nSPS) is 13.9. The zero-order chi connectivity index (χ0) is 13.7. The molecule has 1 fully saturated rings. The summed E-state index contributed by atoms with van der Waals surface area (Å²) in [7, 11) is 0. The molecule has 1 aliphatic carbocycles. The standard InChI is InChI=1S/C14H18N2O2S/c17-13(16-11-6-7-11)5-2-8-15-14(18)10-3-1-4-12(19)9-10/h1,3-4,9,11,19H,2,5-8H2,(H,15,18)(H,16,17). The minimum Gasteiger partial charge on any atom is -0.353 e. The highest BCUT2D eigenvalue weighted by Gasteiger charge is 2.22. The van der Waals surface area contributed by atoms with E-state index in [1.54, 1.807) is 18.2 Å². The molecule has 0 atom stereocenters. The zero-order valence-electron chi connectivity index (χ0n) is 10.7. The maximum absolute atomic E-state index is 11.8. The van der Waals surface area contributed by atoms with Gasteiger partial charge in [-0.15, -0.1) is 12.6 Å². The van der Waals surface area contributed by atoms with E-state index in [0.29, 0.717) is 31.0 Å². The molecule has 1 aromatic rings. The lowest BCUT2D eigenvalue weighted by atomic mass is 10.2. The van der Waals surface area contributed by atoms with Crippen molar-refractivity contribution in [2.24, 2.45) is 0 Å². The molecule has 1 aliphatic rings. The molecule has 0 spiro atoms. The van der Waals surface area contributed by atoms with Gasteiger partial charge in [0.05, 0.1) is 0 Å². The van der Waals surface area contributed by atoms with E-state index >= 15 is 0 Å². The van der Waals surface area contributed by atoms with Crippen LogP contribution in [0.4, 0.5) is 0 Å². The molecule has 4 nitrogen and oxygen atoms in total. The van der Waals surface area contributed by atoms with Crippen LogP contribution in [0.5, 0.6) is 0 Å². The van der Waals surface area contributed by atoms with Gasteiger partial charge in [-0.3, -0.25) is 9.59 Å². The summed E-state index contributed by atoms with van der Waals surface area (Å²) in [5, 5.41) is 5.72. The molecule has 0 aromatic heterocycles. The fourth-order valence-corrected chi connectivity index (χ4v) is 1.95. The Balaban J connectivity index is 1.64. The van der Waals surface area contributed by atoms with Crippen molar-refractivity contribution in [2.45, 2.75) is 36.6 Å². The number of hydrogen-bond acceptors (Lipinski definition) is 3. The van der Waals surface area contributed by atoms with Gasteiger partial charge in [-0.2, -0.15) is 0 Å². The average molecular weight is 278 g/mol. The van der Waals surface area contributed by atoms with Gasteiger partial charge in [0.2, 0.25) is 5.91 Å². The van der Waals surface area contributed by atoms with Gasteiger partial charge < -0.3 is 10.6 Å². The number of carbonyl (C=O) groups is 2. The maximum atomic E-state index is 11.8. The van der Waals surface area contributed by atoms with E-state index in [-0.39, 0.29) is 11.8 Å². The SMILES string of the molecule is O=C(CCCNC(=O)c1cccc(S)c1)NC1CC1. The molecule has 2 N–H and O–H groups in total. The van der Waals surface area contributed by atoms with Crippen molar-refractivity contribution < 1.29 is 9.59 Å². The minimum absolute atomic E-state index is 0.0779. The minimum atomic E-state index is -0.126. The molecule has 5 heteroatoms. The third kappa shape index (κ3) is 4.95. The first-order chi connectivity index (χ1) is 9.15. The molecule has 2 amide bonds. The van der Waals surface area contributed by atoms with E-state index in [1.807, 2.05) is 6.07 Å². The molecule has 19 heavy (non-hydrogen) atoms. The molecule has 0 saturated heterocycles. The van der Waals surface area contributed by atoms with Crippen molar-refractivity contribution in [1.29, 1.82) is 0 Å². The van der Waals surface area contributed by atoms with Gasteiger partial charge in [-0.25, -0.2) is 0 Å². The van der Waals surface area contributed by atoms with Crippen LogP contribution >= 0.6 is 12.6 Å². The molecule has 0 aliphatic heterocycles. The predicted molar refractivity (Wildman–Crippen MR) is 76.4 cm³/mol. The van der Waals surface area contributed by atoms with E-state index in [2.05, 4.69) is 23.3 Å². The van der Waals surface area contributed by atoms with Crippen molar-refractivity contribution in [3.63, 3.8) is 0 Å². The molecule has 1 saturated carbocycles. The quantitative estimate of drug-likeness (QED) is 0.548. The lowest BCUT2D eigenvalue weighted by Gasteiger charge is -2.06. The topological polar surface area (TPSA) is 58.2 Å². The number of rotatable bonds is 6. The molecule has 1 aromatic carbocycles. The van der Waals surface area contributed by atoms with Crippen LogP contribution in [-0.2, 0) is 4.79 Å². The number of carbonyl (C=O) groups excluding carboxylic acids is 2. The van der Waals surface area contributed by atoms with Crippen LogP contribution in [0.15, 0.2) is 29.2 Å². The van der Waals surface area contributed by atoms with Gasteiger partial charge in [0.15, 0.2) is 0 Å². The summed E-state index contributed by atoms with van der Waals surface area (Å²) in [6.07, 6.45) is 3.32. The zero-order valence-corrected chi connectivity index (χ0v) is 11.6. The van der Waals surface area contributed by atoms with Crippen molar-refractivity contribution in [2.75, 3.05) is 6.54 Å². The third-order valence-corrected chi connectivity index (χ3v) is 3.20. The van der Waals surface area contributed by atoms with Gasteiger partial charge in [0, 0.05) is 29.5 Å². The molecule has 102 valence electrons. The lowest BCUT2D eigenvalue weighted by Crippen LogP contribution is -2.28. The molecule has 2 rings (SSSR count). The molecule has 0 bridgehead atoms. The summed E-state index contributed by atoms with van der Waals surface area (Å²) in [6, 6.07) is 7.48. The number of amides is 2. The fourth-order valence-electron chi connectivity index (χ4n) is 1.73. The second-order valence-electron chi connectivity index (χ2n) is 4.75. The van der Waals surface area contributed by atoms with Gasteiger partial charge in [0.25, 0.3) is 5.91 Å². The van der Waals surface area contributed by atoms with Crippen molar-refractivity contribution in [1.82, 2.24) is 10.6 Å². The highest BCUT2D eigenvalue weighted by molar-refractivity contribution is 7.80. The van der Waals surface area contributed by atoms with Crippen LogP contribution in [0.2, 0.25) is 0 Å². The van der Waals surface area contributed by atoms with E-state index in [4.69, 9.17) is 0 Å². The summed E-state index contributed by atoms with van der Waals surface area (Å²) in [4.78, 5) is 24.0. The third-order valence-electron chi connectivity index (χ3n) is 2.92. The maximum Gasteiger partial charge on any atom is 0.251 e. The Bertz CT molecular complexity index is 472. The Morgan fingerprint density at radius 1 is 1.32 bits per heavy atom. The Morgan fingerprint density at radius 2 is 2.11 bits per heavy atom. The molecular weight excluding hydrogens is 260 g/mol. The predicted octanol–water partition coefficient (Wildman–Crippen LogP) is 1.76. The first-order valence-electron chi connectivity index (χ1n) is 6.52. The number of thiol groups is 1. The molecule has 0 radical (unpaired) electrons. The average Bonchev–Trinajstić information content (AvgIpc) is 3.18. The molecule has 0 heterocycles. The monoisotopic (exact) mass is 278 g/mol. The summed E-state index contributed by atoms with van der Waals surface area (Å²) in [5.41, 5.74) is 0.593. The molecular formula is C14H18N2O2S. The lowest BCUT2D eigenvalue weighted by molar-refractivity contribution is -0.121. The Morgan fingerprint density at radius 3 is 2.79 bits per heavy atom. The highest BCUT2D eigenvalue weighted by atomic mass is 32.1. The smallest absolute Gasteiger partial charge is 0.251 e. The van der Waals surface area contributed by atoms with Gasteiger partial charge >= 0.3 is 0 Å². The van der Waals surface area contributed by atoms with Crippen molar-refractivity contribution in [3.8, 4) is 0 Å². The van der Waals surface area contributed by atoms with Crippen LogP contribution in [0, 0.1) is 0 Å². The van der Waals surface area contributed by atoms with Crippen LogP contribution in [0.3, 0.4) is 0 Å². The second kappa shape index (κ2) is 6.61. The van der Waals surface area contributed by atoms with E-state index < -0.39 is 0 Å². The first-order valence-corrected chi connectivity index (χ1v) is 6.96. The van der Waals surface area contributed by atoms with Gasteiger partial charge in [-0.1, -0.05) is 6.07 Å². The van der Waals surface area contributed by atoms with E-state index in [9.17, 15) is 9.59 Å². The summed E-state index contributed by atoms with van der Waals surface area (Å²) in [6.45, 7) is 0.508. The molecule has 0 unspecified atom stereocenters. The summed E-state index contributed by atoms with van der Waals surface area (Å²) in [5.74, 6) is -0.0485. The highest BCUT2D eigenvalue weighted by Crippen LogP contribution is 2.18. The number of hydrogen-bond donors (Lipinski definition) is 3. The largest absolute Gasteiger partial charge is 0.353 e. The van der Waals surface area contributed by atoms with Crippen LogP contribution in [0.25, 0.3) is 0 Å². The summed E-state index contributed by atoms with van der Waals surface area (Å²) >= 11 is 4.19. The Hall–Kier alpha value is -1.49. The Labute approximate surface area is 118 Å².